The normalized spacial score (nSPS) is 20.9. The van der Waals surface area contributed by atoms with E-state index in [9.17, 15) is 18.0 Å². The molecule has 0 radical (unpaired) electrons. The zero-order chi connectivity index (χ0) is 23.6. The van der Waals surface area contributed by atoms with Gasteiger partial charge in [-0.1, -0.05) is 11.8 Å². The Balaban J connectivity index is 1.36. The van der Waals surface area contributed by atoms with E-state index in [1.165, 1.54) is 11.8 Å². The lowest BCUT2D eigenvalue weighted by molar-refractivity contribution is -0.130. The maximum absolute atomic E-state index is 12.8. The van der Waals surface area contributed by atoms with E-state index in [4.69, 9.17) is 4.74 Å². The van der Waals surface area contributed by atoms with Gasteiger partial charge in [0.2, 0.25) is 5.91 Å². The first-order valence-electron chi connectivity index (χ1n) is 11.3. The molecule has 3 heterocycles. The number of imidazole rings is 1. The van der Waals surface area contributed by atoms with Gasteiger partial charge in [0.25, 0.3) is 0 Å². The lowest BCUT2D eigenvalue weighted by Crippen LogP contribution is -2.52. The fourth-order valence-corrected chi connectivity index (χ4v) is 7.23. The number of hydrogen-bond donors (Lipinski definition) is 0. The monoisotopic (exact) mass is 494 g/mol. The molecule has 9 nitrogen and oxygen atoms in total. The van der Waals surface area contributed by atoms with Crippen LogP contribution in [0.1, 0.15) is 30.6 Å². The minimum Gasteiger partial charge on any atom is -0.462 e. The number of carbonyl (C=O) groups excluding carboxylic acids is 2. The molecule has 0 bridgehead atoms. The summed E-state index contributed by atoms with van der Waals surface area (Å²) in [5.41, 5.74) is 2.09. The summed E-state index contributed by atoms with van der Waals surface area (Å²) in [5, 5.41) is 0.747. The van der Waals surface area contributed by atoms with Crippen LogP contribution in [0.25, 0.3) is 11.0 Å². The number of ether oxygens (including phenoxy) is 1. The van der Waals surface area contributed by atoms with Crippen LogP contribution in [0.15, 0.2) is 23.4 Å². The van der Waals surface area contributed by atoms with Crippen LogP contribution in [-0.4, -0.2) is 95.7 Å². The van der Waals surface area contributed by atoms with Crippen LogP contribution in [0.3, 0.4) is 0 Å². The fraction of sp³-hybridized carbons (Fsp3) is 0.591. The first-order chi connectivity index (χ1) is 15.8. The number of piperazine rings is 1. The lowest BCUT2D eigenvalue weighted by atomic mass is 10.2. The summed E-state index contributed by atoms with van der Waals surface area (Å²) in [5.74, 6) is 0.478. The van der Waals surface area contributed by atoms with Crippen molar-refractivity contribution in [2.24, 2.45) is 0 Å². The van der Waals surface area contributed by atoms with Gasteiger partial charge in [-0.3, -0.25) is 9.69 Å². The summed E-state index contributed by atoms with van der Waals surface area (Å²) in [7, 11) is -2.90. The molecule has 0 spiro atoms. The minimum absolute atomic E-state index is 0.0561. The number of nitrogens with zero attached hydrogens (tertiary/aromatic N) is 4. The Labute approximate surface area is 198 Å². The van der Waals surface area contributed by atoms with Crippen molar-refractivity contribution in [3.05, 3.63) is 23.8 Å². The highest BCUT2D eigenvalue weighted by molar-refractivity contribution is 7.99. The molecule has 0 aliphatic carbocycles. The summed E-state index contributed by atoms with van der Waals surface area (Å²) >= 11 is 1.40. The average Bonchev–Trinajstić information content (AvgIpc) is 3.36. The van der Waals surface area contributed by atoms with Gasteiger partial charge in [0.15, 0.2) is 15.0 Å². The highest BCUT2D eigenvalue weighted by Gasteiger charge is 2.34. The summed E-state index contributed by atoms with van der Waals surface area (Å²) in [4.78, 5) is 33.6. The van der Waals surface area contributed by atoms with Gasteiger partial charge in [-0.05, 0) is 38.5 Å². The van der Waals surface area contributed by atoms with Crippen molar-refractivity contribution in [1.29, 1.82) is 0 Å². The Morgan fingerprint density at radius 2 is 1.94 bits per heavy atom. The Kier molecular flexibility index (Phi) is 7.30. The Morgan fingerprint density at radius 1 is 1.18 bits per heavy atom. The number of amides is 1. The number of aromatic nitrogens is 2. The van der Waals surface area contributed by atoms with Gasteiger partial charge in [0.1, 0.15) is 0 Å². The summed E-state index contributed by atoms with van der Waals surface area (Å²) in [6.45, 7) is 7.46. The predicted octanol–water partition coefficient (Wildman–Crippen LogP) is 1.66. The number of aryl methyl sites for hydroxylation is 1. The van der Waals surface area contributed by atoms with Gasteiger partial charge in [0.05, 0.1) is 40.5 Å². The molecular formula is C22H30N4O5S2. The van der Waals surface area contributed by atoms with Crippen LogP contribution in [-0.2, 0) is 25.9 Å². The molecule has 11 heteroatoms. The summed E-state index contributed by atoms with van der Waals surface area (Å²) in [6.07, 6.45) is 0.692. The van der Waals surface area contributed by atoms with Gasteiger partial charge >= 0.3 is 5.97 Å². The van der Waals surface area contributed by atoms with Crippen molar-refractivity contribution in [2.75, 3.05) is 50.0 Å². The van der Waals surface area contributed by atoms with E-state index in [1.54, 1.807) is 19.1 Å². The number of carbonyl (C=O) groups is 2. The SMILES string of the molecule is CCOC(=O)c1ccc2c(c1)nc(SCC(=O)N1CCN([C@@H]3CCS(=O)(=O)C3)CC1)n2CC. The fourth-order valence-electron chi connectivity index (χ4n) is 4.48. The van der Waals surface area contributed by atoms with Crippen LogP contribution in [0, 0.1) is 0 Å². The summed E-state index contributed by atoms with van der Waals surface area (Å²) < 4.78 is 30.6. The van der Waals surface area contributed by atoms with E-state index < -0.39 is 9.84 Å². The van der Waals surface area contributed by atoms with Crippen molar-refractivity contribution in [3.8, 4) is 0 Å². The molecule has 1 atom stereocenters. The van der Waals surface area contributed by atoms with Gasteiger partial charge in [-0.25, -0.2) is 18.2 Å². The molecule has 0 N–H and O–H groups in total. The number of rotatable bonds is 7. The first-order valence-corrected chi connectivity index (χ1v) is 14.1. The number of sulfone groups is 1. The van der Waals surface area contributed by atoms with Crippen molar-refractivity contribution < 1.29 is 22.7 Å². The number of hydrogen-bond acceptors (Lipinski definition) is 8. The third-order valence-corrected chi connectivity index (χ3v) is 8.97. The van der Waals surface area contributed by atoms with Crippen molar-refractivity contribution in [2.45, 2.75) is 38.0 Å². The van der Waals surface area contributed by atoms with E-state index >= 15 is 0 Å². The molecule has 4 rings (SSSR count). The zero-order valence-electron chi connectivity index (χ0n) is 19.0. The molecule has 2 aliphatic heterocycles. The Bertz CT molecular complexity index is 1140. The topological polar surface area (TPSA) is 102 Å². The zero-order valence-corrected chi connectivity index (χ0v) is 20.7. The van der Waals surface area contributed by atoms with Crippen LogP contribution >= 0.6 is 11.8 Å². The second-order valence-electron chi connectivity index (χ2n) is 8.32. The second-order valence-corrected chi connectivity index (χ2v) is 11.5. The molecule has 33 heavy (non-hydrogen) atoms. The average molecular weight is 495 g/mol. The van der Waals surface area contributed by atoms with Gasteiger partial charge in [-0.15, -0.1) is 0 Å². The maximum atomic E-state index is 12.8. The molecule has 0 unspecified atom stereocenters. The molecular weight excluding hydrogens is 464 g/mol. The molecule has 180 valence electrons. The lowest BCUT2D eigenvalue weighted by Gasteiger charge is -2.37. The molecule has 0 saturated carbocycles. The number of thioether (sulfide) groups is 1. The van der Waals surface area contributed by atoms with E-state index in [0.717, 1.165) is 10.7 Å². The third-order valence-electron chi connectivity index (χ3n) is 6.26. The minimum atomic E-state index is -2.90. The molecule has 2 aromatic rings. The summed E-state index contributed by atoms with van der Waals surface area (Å²) in [6, 6.07) is 5.42. The van der Waals surface area contributed by atoms with Crippen molar-refractivity contribution >= 4 is 44.5 Å². The molecule has 2 fully saturated rings. The van der Waals surface area contributed by atoms with Crippen LogP contribution in [0.4, 0.5) is 0 Å². The third kappa shape index (κ3) is 5.36. The predicted molar refractivity (Wildman–Crippen MR) is 127 cm³/mol. The van der Waals surface area contributed by atoms with E-state index in [2.05, 4.69) is 9.88 Å². The smallest absolute Gasteiger partial charge is 0.338 e. The largest absolute Gasteiger partial charge is 0.462 e. The first kappa shape index (κ1) is 24.0. The van der Waals surface area contributed by atoms with Crippen molar-refractivity contribution in [1.82, 2.24) is 19.4 Å². The van der Waals surface area contributed by atoms with E-state index in [1.807, 2.05) is 22.5 Å². The molecule has 1 aromatic carbocycles. The Hall–Kier alpha value is -2.11. The standard InChI is InChI=1S/C22H30N4O5S2/c1-3-26-19-6-5-16(21(28)31-4-2)13-18(19)23-22(26)32-14-20(27)25-10-8-24(9-11-25)17-7-12-33(29,30)15-17/h5-6,13,17H,3-4,7-12,14-15H2,1-2H3/t17-/m1/s1. The molecule has 1 aromatic heterocycles. The molecule has 1 amide bonds. The Morgan fingerprint density at radius 3 is 2.58 bits per heavy atom. The second kappa shape index (κ2) is 10.0. The highest BCUT2D eigenvalue weighted by atomic mass is 32.2. The highest BCUT2D eigenvalue weighted by Crippen LogP contribution is 2.26. The van der Waals surface area contributed by atoms with E-state index in [0.29, 0.717) is 56.8 Å². The van der Waals surface area contributed by atoms with Crippen LogP contribution in [0.5, 0.6) is 0 Å². The van der Waals surface area contributed by atoms with Gasteiger partial charge in [-0.2, -0.15) is 0 Å². The van der Waals surface area contributed by atoms with Crippen LogP contribution < -0.4 is 0 Å². The molecule has 2 aliphatic rings. The van der Waals surface area contributed by atoms with Gasteiger partial charge < -0.3 is 14.2 Å². The van der Waals surface area contributed by atoms with Crippen molar-refractivity contribution in [3.63, 3.8) is 0 Å². The number of fused-ring (bicyclic) bond motifs is 1. The number of esters is 1. The molecule has 2 saturated heterocycles. The van der Waals surface area contributed by atoms with E-state index in [-0.39, 0.29) is 35.2 Å². The quantitative estimate of drug-likeness (QED) is 0.423. The number of benzene rings is 1. The maximum Gasteiger partial charge on any atom is 0.338 e. The van der Waals surface area contributed by atoms with Gasteiger partial charge in [0, 0.05) is 38.8 Å². The van der Waals surface area contributed by atoms with Crippen LogP contribution in [0.2, 0.25) is 0 Å².